The highest BCUT2D eigenvalue weighted by atomic mass is 35.5. The maximum Gasteiger partial charge on any atom is 0.318 e. The molecule has 98 valence electrons. The van der Waals surface area contributed by atoms with Crippen molar-refractivity contribution in [1.82, 2.24) is 9.43 Å². The lowest BCUT2D eigenvalue weighted by Gasteiger charge is -2.22. The number of nitrogens with zero attached hydrogens (tertiary/aromatic N) is 3. The molecule has 0 fully saturated rings. The maximum atomic E-state index is 12.2. The van der Waals surface area contributed by atoms with E-state index < -0.39 is 12.7 Å². The molecule has 1 unspecified atom stereocenters. The van der Waals surface area contributed by atoms with Crippen LogP contribution in [-0.2, 0) is 4.79 Å². The summed E-state index contributed by atoms with van der Waals surface area (Å²) in [5, 5.41) is 3.47. The molecule has 0 aromatic heterocycles. The summed E-state index contributed by atoms with van der Waals surface area (Å²) in [7, 11) is 0. The van der Waals surface area contributed by atoms with Gasteiger partial charge in [-0.05, 0) is 6.92 Å². The molecule has 1 aliphatic heterocycles. The summed E-state index contributed by atoms with van der Waals surface area (Å²) in [4.78, 5) is 10.8. The lowest BCUT2D eigenvalue weighted by molar-refractivity contribution is -0.118. The highest BCUT2D eigenvalue weighted by Crippen LogP contribution is 2.21. The predicted molar refractivity (Wildman–Crippen MR) is 64.9 cm³/mol. The van der Waals surface area contributed by atoms with Crippen LogP contribution in [0.25, 0.3) is 0 Å². The number of alkyl halides is 2. The Balaban J connectivity index is 0.000000225. The molecule has 0 radical (unpaired) electrons. The third-order valence-electron chi connectivity index (χ3n) is 2.12. The second-order valence-corrected chi connectivity index (χ2v) is 3.67. The van der Waals surface area contributed by atoms with Crippen molar-refractivity contribution < 1.29 is 13.6 Å². The third-order valence-corrected chi connectivity index (χ3v) is 2.39. The van der Waals surface area contributed by atoms with Gasteiger partial charge in [0.1, 0.15) is 5.84 Å². The van der Waals surface area contributed by atoms with E-state index in [2.05, 4.69) is 5.10 Å². The highest BCUT2D eigenvalue weighted by Gasteiger charge is 2.36. The third kappa shape index (κ3) is 3.66. The number of hydrazone groups is 1. The van der Waals surface area contributed by atoms with Crippen molar-refractivity contribution in [2.24, 2.45) is 5.10 Å². The summed E-state index contributed by atoms with van der Waals surface area (Å²) in [6.45, 7) is -1.42. The zero-order valence-electron chi connectivity index (χ0n) is 9.58. The summed E-state index contributed by atoms with van der Waals surface area (Å²) in [5.41, 5.74) is 0. The molecule has 0 saturated carbocycles. The van der Waals surface area contributed by atoms with Crippen molar-refractivity contribution in [2.45, 2.75) is 19.6 Å². The van der Waals surface area contributed by atoms with Gasteiger partial charge in [0.2, 0.25) is 0 Å². The van der Waals surface area contributed by atoms with Crippen LogP contribution in [-0.4, -0.2) is 34.3 Å². The zero-order chi connectivity index (χ0) is 13.5. The van der Waals surface area contributed by atoms with Crippen molar-refractivity contribution >= 4 is 23.9 Å². The van der Waals surface area contributed by atoms with E-state index in [1.54, 1.807) is 0 Å². The maximum absolute atomic E-state index is 12.2. The van der Waals surface area contributed by atoms with Gasteiger partial charge in [0, 0.05) is 11.8 Å². The number of carbonyl (C=O) groups excluding carboxylic acids is 1. The van der Waals surface area contributed by atoms with Gasteiger partial charge in [-0.1, -0.05) is 36.4 Å². The second kappa shape index (κ2) is 6.90. The van der Waals surface area contributed by atoms with Crippen LogP contribution in [0.3, 0.4) is 0 Å². The SMILES string of the molecule is CC1=NN(Cl)C(C=O)N1C(F)F.c1ccccc1. The van der Waals surface area contributed by atoms with E-state index in [1.165, 1.54) is 6.92 Å². The van der Waals surface area contributed by atoms with E-state index in [1.807, 2.05) is 36.4 Å². The second-order valence-electron chi connectivity index (χ2n) is 3.33. The number of amidine groups is 1. The van der Waals surface area contributed by atoms with Gasteiger partial charge in [-0.15, -0.1) is 5.10 Å². The Morgan fingerprint density at radius 2 is 1.72 bits per heavy atom. The molecule has 0 spiro atoms. The Kier molecular flexibility index (Phi) is 5.51. The van der Waals surface area contributed by atoms with Gasteiger partial charge in [-0.25, -0.2) is 0 Å². The molecule has 4 nitrogen and oxygen atoms in total. The van der Waals surface area contributed by atoms with E-state index >= 15 is 0 Å². The molecule has 0 aliphatic carbocycles. The van der Waals surface area contributed by atoms with Gasteiger partial charge in [-0.2, -0.15) is 13.3 Å². The number of rotatable bonds is 2. The summed E-state index contributed by atoms with van der Waals surface area (Å²) < 4.78 is 25.1. The fourth-order valence-electron chi connectivity index (χ4n) is 1.30. The van der Waals surface area contributed by atoms with Crippen LogP contribution < -0.4 is 0 Å². The highest BCUT2D eigenvalue weighted by molar-refractivity contribution is 6.15. The van der Waals surface area contributed by atoms with Crippen molar-refractivity contribution in [3.63, 3.8) is 0 Å². The summed E-state index contributed by atoms with van der Waals surface area (Å²) in [5.74, 6) is 0.0251. The molecule has 7 heteroatoms. The molecular formula is C11H12ClF2N3O. The van der Waals surface area contributed by atoms with Crippen LogP contribution in [0.15, 0.2) is 41.5 Å². The van der Waals surface area contributed by atoms with Gasteiger partial charge in [0.25, 0.3) is 0 Å². The number of hydrogen-bond acceptors (Lipinski definition) is 4. The smallest absolute Gasteiger partial charge is 0.299 e. The molecule has 1 heterocycles. The summed E-state index contributed by atoms with van der Waals surface area (Å²) in [6, 6.07) is 12.0. The van der Waals surface area contributed by atoms with Crippen LogP contribution in [0.1, 0.15) is 6.92 Å². The molecule has 0 amide bonds. The molecule has 18 heavy (non-hydrogen) atoms. The number of aldehydes is 1. The fraction of sp³-hybridized carbons (Fsp3) is 0.273. The van der Waals surface area contributed by atoms with Crippen LogP contribution in [0, 0.1) is 0 Å². The Hall–Kier alpha value is -1.69. The van der Waals surface area contributed by atoms with Gasteiger partial charge in [0.05, 0.1) is 0 Å². The summed E-state index contributed by atoms with van der Waals surface area (Å²) >= 11 is 5.35. The van der Waals surface area contributed by atoms with Crippen molar-refractivity contribution in [3.05, 3.63) is 36.4 Å². The number of carbonyl (C=O) groups is 1. The molecule has 0 bridgehead atoms. The van der Waals surface area contributed by atoms with E-state index in [0.717, 1.165) is 0 Å². The molecule has 1 atom stereocenters. The average Bonchev–Trinajstić information content (AvgIpc) is 2.66. The van der Waals surface area contributed by atoms with Crippen LogP contribution in [0.5, 0.6) is 0 Å². The first-order valence-corrected chi connectivity index (χ1v) is 5.43. The van der Waals surface area contributed by atoms with Gasteiger partial charge in [-0.3, -0.25) is 9.69 Å². The lowest BCUT2D eigenvalue weighted by atomic mass is 10.4. The van der Waals surface area contributed by atoms with Crippen molar-refractivity contribution in [3.8, 4) is 0 Å². The molecule has 0 N–H and O–H groups in total. The van der Waals surface area contributed by atoms with Gasteiger partial charge in [0.15, 0.2) is 12.5 Å². The largest absolute Gasteiger partial charge is 0.318 e. The normalized spacial score (nSPS) is 18.3. The average molecular weight is 276 g/mol. The Morgan fingerprint density at radius 1 is 1.28 bits per heavy atom. The summed E-state index contributed by atoms with van der Waals surface area (Å²) in [6.07, 6.45) is -0.897. The fourth-order valence-corrected chi connectivity index (χ4v) is 1.55. The van der Waals surface area contributed by atoms with E-state index in [4.69, 9.17) is 11.8 Å². The minimum atomic E-state index is -2.77. The van der Waals surface area contributed by atoms with E-state index in [-0.39, 0.29) is 5.84 Å². The molecule has 1 aromatic carbocycles. The van der Waals surface area contributed by atoms with Gasteiger partial charge < -0.3 is 0 Å². The molecule has 0 saturated heterocycles. The number of benzene rings is 1. The van der Waals surface area contributed by atoms with Crippen LogP contribution >= 0.6 is 11.8 Å². The quantitative estimate of drug-likeness (QED) is 0.473. The standard InChI is InChI=1S/C6H6.C5H6ClF2N3O/c1-2-4-6-5-3-1;1-3-9-11(6)4(2-12)10(3)5(7)8/h1-6H;2,4-5H,1H3. The van der Waals surface area contributed by atoms with Crippen molar-refractivity contribution in [2.75, 3.05) is 0 Å². The monoisotopic (exact) mass is 275 g/mol. The van der Waals surface area contributed by atoms with Crippen LogP contribution in [0.4, 0.5) is 8.78 Å². The Morgan fingerprint density at radius 3 is 2.00 bits per heavy atom. The zero-order valence-corrected chi connectivity index (χ0v) is 10.3. The number of hydrogen-bond donors (Lipinski definition) is 0. The predicted octanol–water partition coefficient (Wildman–Crippen LogP) is 2.53. The van der Waals surface area contributed by atoms with Crippen molar-refractivity contribution in [1.29, 1.82) is 0 Å². The Bertz CT molecular complexity index is 376. The number of halogens is 3. The van der Waals surface area contributed by atoms with Gasteiger partial charge >= 0.3 is 6.55 Å². The first kappa shape index (κ1) is 14.4. The van der Waals surface area contributed by atoms with Crippen LogP contribution in [0.2, 0.25) is 0 Å². The molecule has 1 aromatic rings. The van der Waals surface area contributed by atoms with E-state index in [9.17, 15) is 13.6 Å². The first-order chi connectivity index (χ1) is 8.57. The Labute approximate surface area is 109 Å². The minimum Gasteiger partial charge on any atom is -0.299 e. The molecular weight excluding hydrogens is 264 g/mol. The molecule has 1 aliphatic rings. The lowest BCUT2D eigenvalue weighted by Crippen LogP contribution is -2.42. The molecule has 2 rings (SSSR count). The van der Waals surface area contributed by atoms with E-state index in [0.29, 0.717) is 15.7 Å². The topological polar surface area (TPSA) is 35.9 Å². The minimum absolute atomic E-state index is 0.0251. The first-order valence-electron chi connectivity index (χ1n) is 5.10.